The SMILES string of the molecule is Fc1ccc(Br)cc1[C@@H](C1CC1)N1CCNCC1. The molecule has 18 heavy (non-hydrogen) atoms. The van der Waals surface area contributed by atoms with E-state index in [2.05, 4.69) is 26.1 Å². The third-order valence-electron chi connectivity index (χ3n) is 3.89. The van der Waals surface area contributed by atoms with Gasteiger partial charge in [0.05, 0.1) is 0 Å². The van der Waals surface area contributed by atoms with E-state index < -0.39 is 0 Å². The van der Waals surface area contributed by atoms with Gasteiger partial charge in [-0.05, 0) is 37.0 Å². The van der Waals surface area contributed by atoms with E-state index in [1.807, 2.05) is 6.07 Å². The molecule has 2 aliphatic rings. The molecule has 0 spiro atoms. The Bertz CT molecular complexity index is 428. The number of piperazine rings is 1. The molecular weight excluding hydrogens is 295 g/mol. The Morgan fingerprint density at radius 2 is 2.00 bits per heavy atom. The number of hydrogen-bond acceptors (Lipinski definition) is 2. The molecule has 3 rings (SSSR count). The summed E-state index contributed by atoms with van der Waals surface area (Å²) < 4.78 is 15.1. The second-order valence-corrected chi connectivity index (χ2v) is 6.15. The molecular formula is C14H18BrFN2. The molecule has 0 bridgehead atoms. The average Bonchev–Trinajstić information content (AvgIpc) is 3.20. The smallest absolute Gasteiger partial charge is 0.128 e. The lowest BCUT2D eigenvalue weighted by Crippen LogP contribution is -2.45. The Morgan fingerprint density at radius 3 is 2.67 bits per heavy atom. The molecule has 1 aromatic carbocycles. The second-order valence-electron chi connectivity index (χ2n) is 5.23. The van der Waals surface area contributed by atoms with E-state index in [-0.39, 0.29) is 11.9 Å². The maximum Gasteiger partial charge on any atom is 0.128 e. The van der Waals surface area contributed by atoms with Crippen molar-refractivity contribution in [1.82, 2.24) is 10.2 Å². The lowest BCUT2D eigenvalue weighted by atomic mass is 9.99. The molecule has 98 valence electrons. The monoisotopic (exact) mass is 312 g/mol. The largest absolute Gasteiger partial charge is 0.314 e. The highest BCUT2D eigenvalue weighted by atomic mass is 79.9. The molecule has 1 N–H and O–H groups in total. The number of hydrogen-bond donors (Lipinski definition) is 1. The quantitative estimate of drug-likeness (QED) is 0.923. The zero-order valence-corrected chi connectivity index (χ0v) is 11.9. The van der Waals surface area contributed by atoms with Crippen LogP contribution in [0, 0.1) is 11.7 Å². The molecule has 1 aliphatic heterocycles. The second kappa shape index (κ2) is 5.27. The van der Waals surface area contributed by atoms with E-state index in [0.717, 1.165) is 36.2 Å². The summed E-state index contributed by atoms with van der Waals surface area (Å²) in [5.74, 6) is 0.584. The van der Waals surface area contributed by atoms with Gasteiger partial charge in [-0.25, -0.2) is 4.39 Å². The molecule has 1 aromatic rings. The average molecular weight is 313 g/mol. The first-order chi connectivity index (χ1) is 8.75. The van der Waals surface area contributed by atoms with Gasteiger partial charge in [-0.15, -0.1) is 0 Å². The van der Waals surface area contributed by atoms with Crippen molar-refractivity contribution in [3.8, 4) is 0 Å². The van der Waals surface area contributed by atoms with Gasteiger partial charge in [0.25, 0.3) is 0 Å². The molecule has 1 aliphatic carbocycles. The van der Waals surface area contributed by atoms with Crippen LogP contribution in [-0.2, 0) is 0 Å². The lowest BCUT2D eigenvalue weighted by molar-refractivity contribution is 0.153. The number of nitrogens with one attached hydrogen (secondary N) is 1. The topological polar surface area (TPSA) is 15.3 Å². The summed E-state index contributed by atoms with van der Waals surface area (Å²) in [5, 5.41) is 3.36. The number of rotatable bonds is 3. The fourth-order valence-corrected chi connectivity index (χ4v) is 3.24. The van der Waals surface area contributed by atoms with Crippen LogP contribution in [0.1, 0.15) is 24.4 Å². The summed E-state index contributed by atoms with van der Waals surface area (Å²) in [5.41, 5.74) is 0.869. The molecule has 2 nitrogen and oxygen atoms in total. The van der Waals surface area contributed by atoms with Crippen molar-refractivity contribution in [3.63, 3.8) is 0 Å². The highest BCUT2D eigenvalue weighted by Crippen LogP contribution is 2.45. The molecule has 1 heterocycles. The minimum atomic E-state index is -0.0615. The zero-order valence-electron chi connectivity index (χ0n) is 10.3. The predicted octanol–water partition coefficient (Wildman–Crippen LogP) is 2.94. The van der Waals surface area contributed by atoms with E-state index in [1.165, 1.54) is 12.8 Å². The first-order valence-corrected chi connectivity index (χ1v) is 7.45. The van der Waals surface area contributed by atoms with Gasteiger partial charge in [-0.2, -0.15) is 0 Å². The molecule has 0 amide bonds. The zero-order chi connectivity index (χ0) is 12.5. The van der Waals surface area contributed by atoms with E-state index in [4.69, 9.17) is 0 Å². The molecule has 4 heteroatoms. The summed E-state index contributed by atoms with van der Waals surface area (Å²) in [7, 11) is 0. The van der Waals surface area contributed by atoms with Crippen molar-refractivity contribution >= 4 is 15.9 Å². The molecule has 1 atom stereocenters. The lowest BCUT2D eigenvalue weighted by Gasteiger charge is -2.35. The van der Waals surface area contributed by atoms with Crippen molar-refractivity contribution in [2.75, 3.05) is 26.2 Å². The van der Waals surface area contributed by atoms with Crippen LogP contribution in [0.2, 0.25) is 0 Å². The molecule has 1 saturated heterocycles. The Kier molecular flexibility index (Phi) is 3.68. The molecule has 0 aromatic heterocycles. The van der Waals surface area contributed by atoms with Gasteiger partial charge in [0.2, 0.25) is 0 Å². The fourth-order valence-electron chi connectivity index (χ4n) is 2.86. The predicted molar refractivity (Wildman–Crippen MR) is 74.0 cm³/mol. The number of nitrogens with zero attached hydrogens (tertiary/aromatic N) is 1. The first-order valence-electron chi connectivity index (χ1n) is 6.65. The first kappa shape index (κ1) is 12.6. The van der Waals surface area contributed by atoms with Gasteiger partial charge in [0, 0.05) is 42.3 Å². The highest BCUT2D eigenvalue weighted by molar-refractivity contribution is 9.10. The van der Waals surface area contributed by atoms with Crippen LogP contribution in [0.25, 0.3) is 0 Å². The highest BCUT2D eigenvalue weighted by Gasteiger charge is 2.38. The van der Waals surface area contributed by atoms with Crippen LogP contribution < -0.4 is 5.32 Å². The third-order valence-corrected chi connectivity index (χ3v) is 4.38. The summed E-state index contributed by atoms with van der Waals surface area (Å²) in [4.78, 5) is 2.44. The summed E-state index contributed by atoms with van der Waals surface area (Å²) >= 11 is 3.46. The van der Waals surface area contributed by atoms with E-state index in [1.54, 1.807) is 12.1 Å². The van der Waals surface area contributed by atoms with Crippen LogP contribution >= 0.6 is 15.9 Å². The van der Waals surface area contributed by atoms with Gasteiger partial charge in [0.1, 0.15) is 5.82 Å². The Hall–Kier alpha value is -0.450. The summed E-state index contributed by atoms with van der Waals surface area (Å²) in [6.45, 7) is 4.07. The normalized spacial score (nSPS) is 23.0. The van der Waals surface area contributed by atoms with E-state index in [9.17, 15) is 4.39 Å². The maximum atomic E-state index is 14.1. The summed E-state index contributed by atoms with van der Waals surface area (Å²) in [6.07, 6.45) is 2.47. The maximum absolute atomic E-state index is 14.1. The minimum absolute atomic E-state index is 0.0615. The van der Waals surface area contributed by atoms with Gasteiger partial charge >= 0.3 is 0 Å². The van der Waals surface area contributed by atoms with Crippen LogP contribution in [0.3, 0.4) is 0 Å². The third kappa shape index (κ3) is 2.60. The molecule has 1 saturated carbocycles. The van der Waals surface area contributed by atoms with Gasteiger partial charge in [-0.3, -0.25) is 4.90 Å². The Balaban J connectivity index is 1.90. The number of halogens is 2. The van der Waals surface area contributed by atoms with E-state index in [0.29, 0.717) is 5.92 Å². The van der Waals surface area contributed by atoms with Gasteiger partial charge < -0.3 is 5.32 Å². The van der Waals surface area contributed by atoms with E-state index >= 15 is 0 Å². The van der Waals surface area contributed by atoms with Crippen molar-refractivity contribution < 1.29 is 4.39 Å². The Morgan fingerprint density at radius 1 is 1.28 bits per heavy atom. The Labute approximate surface area is 116 Å². The van der Waals surface area contributed by atoms with Crippen molar-refractivity contribution in [2.45, 2.75) is 18.9 Å². The number of benzene rings is 1. The molecule has 2 fully saturated rings. The summed E-state index contributed by atoms with van der Waals surface area (Å²) in [6, 6.07) is 5.59. The molecule has 0 radical (unpaired) electrons. The van der Waals surface area contributed by atoms with Crippen LogP contribution in [-0.4, -0.2) is 31.1 Å². The van der Waals surface area contributed by atoms with Crippen LogP contribution in [0.5, 0.6) is 0 Å². The van der Waals surface area contributed by atoms with Crippen molar-refractivity contribution in [2.24, 2.45) is 5.92 Å². The fraction of sp³-hybridized carbons (Fsp3) is 0.571. The van der Waals surface area contributed by atoms with Crippen LogP contribution in [0.15, 0.2) is 22.7 Å². The standard InChI is InChI=1S/C14H18BrFN2/c15-11-3-4-13(16)12(9-11)14(10-1-2-10)18-7-5-17-6-8-18/h3-4,9-10,14,17H,1-2,5-8H2/t14-/m1/s1. The van der Waals surface area contributed by atoms with Gasteiger partial charge in [0.15, 0.2) is 0 Å². The minimum Gasteiger partial charge on any atom is -0.314 e. The van der Waals surface area contributed by atoms with Crippen molar-refractivity contribution in [1.29, 1.82) is 0 Å². The van der Waals surface area contributed by atoms with Crippen LogP contribution in [0.4, 0.5) is 4.39 Å². The van der Waals surface area contributed by atoms with Gasteiger partial charge in [-0.1, -0.05) is 15.9 Å². The molecule has 0 unspecified atom stereocenters. The van der Waals surface area contributed by atoms with Crippen molar-refractivity contribution in [3.05, 3.63) is 34.1 Å².